The predicted molar refractivity (Wildman–Crippen MR) is 127 cm³/mol. The molecule has 1 fully saturated rings. The molecule has 0 aromatic carbocycles. The van der Waals surface area contributed by atoms with E-state index in [1.165, 1.54) is 5.56 Å². The molecule has 8 nitrogen and oxygen atoms in total. The Hall–Kier alpha value is -2.59. The van der Waals surface area contributed by atoms with E-state index in [1.807, 2.05) is 6.08 Å². The number of carbonyl (C=O) groups is 1. The zero-order valence-corrected chi connectivity index (χ0v) is 19.4. The fourth-order valence-electron chi connectivity index (χ4n) is 4.81. The number of nitrogens with one attached hydrogen (secondary N) is 3. The predicted octanol–water partition coefficient (Wildman–Crippen LogP) is 2.62. The summed E-state index contributed by atoms with van der Waals surface area (Å²) in [5.41, 5.74) is 1.34. The van der Waals surface area contributed by atoms with Gasteiger partial charge in [0.15, 0.2) is 0 Å². The van der Waals surface area contributed by atoms with Crippen molar-refractivity contribution < 1.29 is 18.7 Å². The zero-order chi connectivity index (χ0) is 24.0. The molecule has 0 saturated heterocycles. The number of carboxylic acid groups (broad SMARTS) is 1. The van der Waals surface area contributed by atoms with Gasteiger partial charge in [0.05, 0.1) is 18.3 Å². The first kappa shape index (κ1) is 24.5. The molecule has 186 valence electrons. The molecule has 0 spiro atoms. The Morgan fingerprint density at radius 3 is 2.97 bits per heavy atom. The zero-order valence-electron chi connectivity index (χ0n) is 19.4. The molecule has 1 aliphatic carbocycles. The number of halogens is 2. The van der Waals surface area contributed by atoms with Gasteiger partial charge in [0, 0.05) is 24.5 Å². The van der Waals surface area contributed by atoms with Crippen LogP contribution in [0.4, 0.5) is 14.6 Å². The van der Waals surface area contributed by atoms with E-state index in [0.717, 1.165) is 50.2 Å². The van der Waals surface area contributed by atoms with E-state index >= 15 is 0 Å². The monoisotopic (exact) mass is 476 g/mol. The number of aliphatic imine (C=N–C) groups is 1. The van der Waals surface area contributed by atoms with Crippen molar-refractivity contribution in [3.63, 3.8) is 0 Å². The Balaban J connectivity index is 1.24. The third-order valence-corrected chi connectivity index (χ3v) is 6.94. The van der Waals surface area contributed by atoms with Crippen LogP contribution in [0.3, 0.4) is 0 Å². The third-order valence-electron chi connectivity index (χ3n) is 6.94. The maximum absolute atomic E-state index is 13.2. The molecular weight excluding hydrogens is 442 g/mol. The van der Waals surface area contributed by atoms with Crippen LogP contribution < -0.4 is 16.0 Å². The molecule has 10 heteroatoms. The Morgan fingerprint density at radius 1 is 1.32 bits per heavy atom. The van der Waals surface area contributed by atoms with Gasteiger partial charge in [-0.1, -0.05) is 6.07 Å². The Labute approximate surface area is 198 Å². The van der Waals surface area contributed by atoms with Crippen LogP contribution in [0.15, 0.2) is 29.4 Å². The topological polar surface area (TPSA) is 102 Å². The minimum absolute atomic E-state index is 0.216. The fraction of sp³-hybridized carbons (Fsp3) is 0.625. The first-order valence-corrected chi connectivity index (χ1v) is 12.1. The van der Waals surface area contributed by atoms with Crippen LogP contribution in [0, 0.1) is 5.41 Å². The number of carboxylic acids is 1. The van der Waals surface area contributed by atoms with E-state index in [-0.39, 0.29) is 18.8 Å². The summed E-state index contributed by atoms with van der Waals surface area (Å²) in [6, 6.07) is 3.97. The molecule has 1 aromatic heterocycles. The third kappa shape index (κ3) is 6.29. The second kappa shape index (κ2) is 11.2. The SMILES string of the molecule is O=C(O)C1(CCN(CCCCc2ccc3c(n2)NCCC3)CC(F)F)CC1N[C@H]1C=CNC=N1. The van der Waals surface area contributed by atoms with Crippen LogP contribution in [0.1, 0.15) is 43.4 Å². The number of aliphatic carboxylic acids is 1. The smallest absolute Gasteiger partial charge is 0.311 e. The number of pyridine rings is 1. The lowest BCUT2D eigenvalue weighted by molar-refractivity contribution is -0.144. The Kier molecular flexibility index (Phi) is 8.10. The highest BCUT2D eigenvalue weighted by Crippen LogP contribution is 2.49. The van der Waals surface area contributed by atoms with Crippen LogP contribution in [-0.2, 0) is 17.6 Å². The molecule has 2 unspecified atom stereocenters. The summed E-state index contributed by atoms with van der Waals surface area (Å²) in [7, 11) is 0. The molecule has 0 bridgehead atoms. The number of aryl methyl sites for hydroxylation is 2. The summed E-state index contributed by atoms with van der Waals surface area (Å²) in [6.07, 6.45) is 7.81. The minimum Gasteiger partial charge on any atom is -0.481 e. The number of hydrogen-bond acceptors (Lipinski definition) is 7. The number of unbranched alkanes of at least 4 members (excludes halogenated alkanes) is 1. The van der Waals surface area contributed by atoms with Crippen LogP contribution in [0.25, 0.3) is 0 Å². The summed E-state index contributed by atoms with van der Waals surface area (Å²) in [4.78, 5) is 22.6. The molecule has 34 heavy (non-hydrogen) atoms. The molecule has 3 heterocycles. The highest BCUT2D eigenvalue weighted by atomic mass is 19.3. The second-order valence-corrected chi connectivity index (χ2v) is 9.37. The van der Waals surface area contributed by atoms with E-state index in [2.05, 4.69) is 33.1 Å². The molecule has 1 aromatic rings. The number of aromatic nitrogens is 1. The van der Waals surface area contributed by atoms with Crippen LogP contribution in [-0.4, -0.2) is 72.1 Å². The van der Waals surface area contributed by atoms with Crippen molar-refractivity contribution in [1.82, 2.24) is 20.5 Å². The van der Waals surface area contributed by atoms with Gasteiger partial charge in [-0.3, -0.25) is 20.0 Å². The second-order valence-electron chi connectivity index (χ2n) is 9.37. The van der Waals surface area contributed by atoms with Crippen LogP contribution >= 0.6 is 0 Å². The van der Waals surface area contributed by atoms with Crippen molar-refractivity contribution in [2.45, 2.75) is 63.6 Å². The highest BCUT2D eigenvalue weighted by molar-refractivity contribution is 5.79. The van der Waals surface area contributed by atoms with Gasteiger partial charge in [0.1, 0.15) is 12.0 Å². The standard InChI is InChI=1S/C24H34F2N6O2/c25-20(26)15-32(12-2-1-5-18-7-6-17-4-3-10-28-22(17)30-18)13-9-24(23(33)34)14-19(24)31-21-8-11-27-16-29-21/h6-8,11,16,19-21,31H,1-5,9-10,12-15H2,(H,27,29)(H,28,30)(H,33,34)/t19?,21-,24?/m0/s1. The van der Waals surface area contributed by atoms with Gasteiger partial charge in [-0.15, -0.1) is 0 Å². The van der Waals surface area contributed by atoms with Gasteiger partial charge >= 0.3 is 5.97 Å². The Bertz CT molecular complexity index is 899. The maximum atomic E-state index is 13.2. The molecule has 0 amide bonds. The van der Waals surface area contributed by atoms with Gasteiger partial charge < -0.3 is 15.7 Å². The normalized spacial score (nSPS) is 25.2. The molecule has 3 aliphatic rings. The minimum atomic E-state index is -2.45. The lowest BCUT2D eigenvalue weighted by Gasteiger charge is -2.24. The molecule has 2 aliphatic heterocycles. The quantitative estimate of drug-likeness (QED) is 0.325. The number of hydrogen-bond donors (Lipinski definition) is 4. The summed E-state index contributed by atoms with van der Waals surface area (Å²) >= 11 is 0. The lowest BCUT2D eigenvalue weighted by Crippen LogP contribution is -2.38. The number of anilines is 1. The van der Waals surface area contributed by atoms with Crippen molar-refractivity contribution in [3.8, 4) is 0 Å². The van der Waals surface area contributed by atoms with Crippen molar-refractivity contribution in [2.24, 2.45) is 10.4 Å². The van der Waals surface area contributed by atoms with Gasteiger partial charge in [0.2, 0.25) is 0 Å². The van der Waals surface area contributed by atoms with E-state index < -0.39 is 17.8 Å². The summed E-state index contributed by atoms with van der Waals surface area (Å²) in [5, 5.41) is 19.3. The largest absolute Gasteiger partial charge is 0.481 e. The molecular formula is C24H34F2N6O2. The lowest BCUT2D eigenvalue weighted by atomic mass is 10.0. The summed E-state index contributed by atoms with van der Waals surface area (Å²) in [6.45, 7) is 1.46. The number of rotatable bonds is 13. The van der Waals surface area contributed by atoms with E-state index in [0.29, 0.717) is 25.9 Å². The average Bonchev–Trinajstić information content (AvgIpc) is 3.54. The molecule has 1 saturated carbocycles. The van der Waals surface area contributed by atoms with E-state index in [9.17, 15) is 18.7 Å². The van der Waals surface area contributed by atoms with Gasteiger partial charge in [-0.05, 0) is 75.7 Å². The number of fused-ring (bicyclic) bond motifs is 1. The van der Waals surface area contributed by atoms with E-state index in [4.69, 9.17) is 4.98 Å². The summed E-state index contributed by atoms with van der Waals surface area (Å²) < 4.78 is 26.4. The van der Waals surface area contributed by atoms with Crippen molar-refractivity contribution in [3.05, 3.63) is 35.7 Å². The Morgan fingerprint density at radius 2 is 2.21 bits per heavy atom. The average molecular weight is 477 g/mol. The fourth-order valence-corrected chi connectivity index (χ4v) is 4.81. The van der Waals surface area contributed by atoms with Crippen molar-refractivity contribution in [1.29, 1.82) is 0 Å². The van der Waals surface area contributed by atoms with Crippen LogP contribution in [0.2, 0.25) is 0 Å². The van der Waals surface area contributed by atoms with Gasteiger partial charge in [0.25, 0.3) is 6.43 Å². The number of alkyl halides is 2. The maximum Gasteiger partial charge on any atom is 0.311 e. The molecule has 4 N–H and O–H groups in total. The first-order valence-electron chi connectivity index (χ1n) is 12.1. The first-order chi connectivity index (χ1) is 16.5. The van der Waals surface area contributed by atoms with Gasteiger partial charge in [-0.2, -0.15) is 0 Å². The van der Waals surface area contributed by atoms with Crippen molar-refractivity contribution >= 4 is 18.1 Å². The molecule has 3 atom stereocenters. The molecule has 0 radical (unpaired) electrons. The molecule has 4 rings (SSSR count). The number of nitrogens with zero attached hydrogens (tertiary/aromatic N) is 3. The highest BCUT2D eigenvalue weighted by Gasteiger charge is 2.60. The van der Waals surface area contributed by atoms with Crippen molar-refractivity contribution in [2.75, 3.05) is 31.5 Å². The summed E-state index contributed by atoms with van der Waals surface area (Å²) in [5.74, 6) is 0.0938. The van der Waals surface area contributed by atoms with Gasteiger partial charge in [-0.25, -0.2) is 13.8 Å². The van der Waals surface area contributed by atoms with E-state index in [1.54, 1.807) is 17.4 Å². The van der Waals surface area contributed by atoms with Crippen LogP contribution in [0.5, 0.6) is 0 Å².